The average molecular weight is 448 g/mol. The molecule has 1 aliphatic rings. The zero-order chi connectivity index (χ0) is 23.2. The smallest absolute Gasteiger partial charge is 0.229 e. The van der Waals surface area contributed by atoms with Crippen LogP contribution in [-0.2, 0) is 4.74 Å². The van der Waals surface area contributed by atoms with Crippen LogP contribution >= 0.6 is 0 Å². The predicted octanol–water partition coefficient (Wildman–Crippen LogP) is -0.245. The van der Waals surface area contributed by atoms with Crippen LogP contribution in [0.3, 0.4) is 0 Å². The highest BCUT2D eigenvalue weighted by Crippen LogP contribution is 2.35. The number of aliphatic hydroxyl groups excluding tert-OH is 4. The molecule has 2 aromatic carbocycles. The Morgan fingerprint density at radius 2 is 1.62 bits per heavy atom. The van der Waals surface area contributed by atoms with E-state index in [2.05, 4.69) is 0 Å². The highest BCUT2D eigenvalue weighted by Gasteiger charge is 2.44. The fraction of sp³-hybridized carbons (Fsp3) is 0.286. The van der Waals surface area contributed by atoms with Gasteiger partial charge in [-0.15, -0.1) is 0 Å². The zero-order valence-electron chi connectivity index (χ0n) is 16.3. The Morgan fingerprint density at radius 1 is 0.875 bits per heavy atom. The van der Waals surface area contributed by atoms with E-state index in [1.165, 1.54) is 24.3 Å². The van der Waals surface area contributed by atoms with Gasteiger partial charge >= 0.3 is 0 Å². The molecule has 0 radical (unpaired) electrons. The molecule has 0 bridgehead atoms. The maximum absolute atomic E-state index is 12.5. The number of rotatable bonds is 4. The third-order valence-electron chi connectivity index (χ3n) is 5.14. The molecule has 1 fully saturated rings. The number of phenols is 3. The van der Waals surface area contributed by atoms with Crippen LogP contribution in [0.1, 0.15) is 0 Å². The molecule has 2 heterocycles. The molecular weight excluding hydrogens is 428 g/mol. The molecule has 0 saturated carbocycles. The highest BCUT2D eigenvalue weighted by atomic mass is 16.7. The van der Waals surface area contributed by atoms with Crippen molar-refractivity contribution in [2.24, 2.45) is 0 Å². The predicted molar refractivity (Wildman–Crippen MR) is 107 cm³/mol. The van der Waals surface area contributed by atoms with Crippen LogP contribution in [-0.4, -0.2) is 73.1 Å². The molecule has 11 heteroatoms. The van der Waals surface area contributed by atoms with E-state index in [1.807, 2.05) is 0 Å². The summed E-state index contributed by atoms with van der Waals surface area (Å²) in [6.45, 7) is -0.647. The standard InChI is InChI=1S/C21H20O11/c22-7-16-18(27)19(28)20(29)21(32-16)30-9-4-12(25)17-13(26)6-14(31-15(17)5-9)8-1-2-10(23)11(24)3-8/h1-6,16,18-25,27-29H,7H2/t16?,18-,19?,20+,21-/m1/s1. The molecular formula is C21H20O11. The summed E-state index contributed by atoms with van der Waals surface area (Å²) in [6, 6.07) is 7.23. The van der Waals surface area contributed by atoms with Crippen molar-refractivity contribution in [2.75, 3.05) is 6.61 Å². The van der Waals surface area contributed by atoms with Crippen molar-refractivity contribution in [1.82, 2.24) is 0 Å². The number of ether oxygens (including phenoxy) is 2. The van der Waals surface area contributed by atoms with Gasteiger partial charge in [-0.25, -0.2) is 0 Å². The SMILES string of the molecule is O=c1cc(-c2ccc(O)c(O)c2)oc2cc(O[C@@H]3OC(CO)[C@@H](O)C(O)[C@@H]3O)cc(O)c12. The van der Waals surface area contributed by atoms with E-state index >= 15 is 0 Å². The summed E-state index contributed by atoms with van der Waals surface area (Å²) in [7, 11) is 0. The number of hydrogen-bond acceptors (Lipinski definition) is 11. The molecule has 170 valence electrons. The van der Waals surface area contributed by atoms with E-state index in [9.17, 15) is 40.5 Å². The number of phenolic OH excluding ortho intramolecular Hbond substituents is 3. The maximum Gasteiger partial charge on any atom is 0.229 e. The summed E-state index contributed by atoms with van der Waals surface area (Å²) in [5.74, 6) is -1.34. The summed E-state index contributed by atoms with van der Waals surface area (Å²) in [5.41, 5.74) is -0.413. The Balaban J connectivity index is 1.72. The Labute approximate surface area is 179 Å². The van der Waals surface area contributed by atoms with Crippen molar-refractivity contribution in [3.05, 3.63) is 46.6 Å². The topological polar surface area (TPSA) is 190 Å². The fourth-order valence-corrected chi connectivity index (χ4v) is 3.43. The van der Waals surface area contributed by atoms with Gasteiger partial charge < -0.3 is 49.6 Å². The van der Waals surface area contributed by atoms with Gasteiger partial charge in [0.1, 0.15) is 52.6 Å². The second kappa shape index (κ2) is 8.30. The Hall–Kier alpha value is -3.35. The van der Waals surface area contributed by atoms with Crippen LogP contribution in [0.2, 0.25) is 0 Å². The molecule has 0 spiro atoms. The van der Waals surface area contributed by atoms with E-state index in [1.54, 1.807) is 0 Å². The van der Waals surface area contributed by atoms with Gasteiger partial charge in [0.15, 0.2) is 16.9 Å². The molecule has 0 aliphatic carbocycles. The molecule has 3 aromatic rings. The first-order chi connectivity index (χ1) is 15.2. The van der Waals surface area contributed by atoms with E-state index in [-0.39, 0.29) is 33.8 Å². The van der Waals surface area contributed by atoms with Crippen LogP contribution in [0.15, 0.2) is 45.6 Å². The third kappa shape index (κ3) is 3.83. The largest absolute Gasteiger partial charge is 0.507 e. The van der Waals surface area contributed by atoms with Crippen molar-refractivity contribution in [1.29, 1.82) is 0 Å². The Kier molecular flexibility index (Phi) is 5.67. The van der Waals surface area contributed by atoms with E-state index in [0.717, 1.165) is 12.1 Å². The van der Waals surface area contributed by atoms with Crippen molar-refractivity contribution >= 4 is 11.0 Å². The van der Waals surface area contributed by atoms with Crippen LogP contribution in [0.5, 0.6) is 23.0 Å². The van der Waals surface area contributed by atoms with Crippen LogP contribution in [0, 0.1) is 0 Å². The summed E-state index contributed by atoms with van der Waals surface area (Å²) in [6.07, 6.45) is -7.61. The number of benzene rings is 2. The molecule has 1 saturated heterocycles. The summed E-state index contributed by atoms with van der Waals surface area (Å²) in [4.78, 5) is 12.5. The number of hydrogen-bond donors (Lipinski definition) is 7. The normalized spacial score (nSPS) is 25.7. The first-order valence-electron chi connectivity index (χ1n) is 9.50. The lowest BCUT2D eigenvalue weighted by Crippen LogP contribution is -2.60. The average Bonchev–Trinajstić information content (AvgIpc) is 2.75. The second-order valence-corrected chi connectivity index (χ2v) is 7.31. The molecule has 11 nitrogen and oxygen atoms in total. The van der Waals surface area contributed by atoms with Crippen molar-refractivity contribution in [3.8, 4) is 34.3 Å². The highest BCUT2D eigenvalue weighted by molar-refractivity contribution is 5.86. The van der Waals surface area contributed by atoms with Gasteiger partial charge in [0.25, 0.3) is 0 Å². The second-order valence-electron chi connectivity index (χ2n) is 7.31. The molecule has 4 rings (SSSR count). The maximum atomic E-state index is 12.5. The van der Waals surface area contributed by atoms with Crippen molar-refractivity contribution in [3.63, 3.8) is 0 Å². The lowest BCUT2D eigenvalue weighted by molar-refractivity contribution is -0.277. The minimum Gasteiger partial charge on any atom is -0.507 e. The Morgan fingerprint density at radius 3 is 2.31 bits per heavy atom. The van der Waals surface area contributed by atoms with Gasteiger partial charge in [0.2, 0.25) is 6.29 Å². The third-order valence-corrected chi connectivity index (χ3v) is 5.14. The van der Waals surface area contributed by atoms with Gasteiger partial charge in [-0.3, -0.25) is 4.79 Å². The molecule has 0 amide bonds. The number of aromatic hydroxyl groups is 3. The van der Waals surface area contributed by atoms with Gasteiger partial charge in [-0.05, 0) is 18.2 Å². The van der Waals surface area contributed by atoms with Gasteiger partial charge in [-0.2, -0.15) is 0 Å². The molecule has 7 N–H and O–H groups in total. The van der Waals surface area contributed by atoms with Crippen molar-refractivity contribution < 1.29 is 49.6 Å². The quantitative estimate of drug-likeness (QED) is 0.261. The minimum absolute atomic E-state index is 0.0298. The van der Waals surface area contributed by atoms with Gasteiger partial charge in [0, 0.05) is 23.8 Å². The van der Waals surface area contributed by atoms with E-state index in [4.69, 9.17) is 13.9 Å². The van der Waals surface area contributed by atoms with E-state index < -0.39 is 54.2 Å². The lowest BCUT2D eigenvalue weighted by Gasteiger charge is -2.39. The summed E-state index contributed by atoms with van der Waals surface area (Å²) >= 11 is 0. The Bertz CT molecular complexity index is 1200. The molecule has 2 unspecified atom stereocenters. The van der Waals surface area contributed by atoms with Crippen molar-refractivity contribution in [2.45, 2.75) is 30.7 Å². The molecule has 1 aliphatic heterocycles. The zero-order valence-corrected chi connectivity index (χ0v) is 16.3. The lowest BCUT2D eigenvalue weighted by atomic mass is 9.99. The summed E-state index contributed by atoms with van der Waals surface area (Å²) < 4.78 is 16.4. The minimum atomic E-state index is -1.68. The fourth-order valence-electron chi connectivity index (χ4n) is 3.43. The molecule has 32 heavy (non-hydrogen) atoms. The summed E-state index contributed by atoms with van der Waals surface area (Å²) in [5, 5.41) is 68.5. The first kappa shape index (κ1) is 21.9. The van der Waals surface area contributed by atoms with Gasteiger partial charge in [-0.1, -0.05) is 0 Å². The first-order valence-corrected chi connectivity index (χ1v) is 9.50. The molecule has 5 atom stereocenters. The van der Waals surface area contributed by atoms with E-state index in [0.29, 0.717) is 0 Å². The van der Waals surface area contributed by atoms with Crippen LogP contribution < -0.4 is 10.2 Å². The number of fused-ring (bicyclic) bond motifs is 1. The molecule has 1 aromatic heterocycles. The van der Waals surface area contributed by atoms with Crippen LogP contribution in [0.25, 0.3) is 22.3 Å². The van der Waals surface area contributed by atoms with Gasteiger partial charge in [0.05, 0.1) is 6.61 Å². The number of aliphatic hydroxyl groups is 4. The van der Waals surface area contributed by atoms with Crippen LogP contribution in [0.4, 0.5) is 0 Å². The monoisotopic (exact) mass is 448 g/mol.